The van der Waals surface area contributed by atoms with E-state index in [1.54, 1.807) is 0 Å². The fourth-order valence-electron chi connectivity index (χ4n) is 1.36. The molecule has 0 spiro atoms. The maximum atomic E-state index is 8.65. The topological polar surface area (TPSA) is 46.2 Å². The third-order valence-electron chi connectivity index (χ3n) is 2.14. The number of hydrogen-bond acceptors (Lipinski definition) is 3. The van der Waals surface area contributed by atoms with Gasteiger partial charge in [-0.05, 0) is 25.0 Å². The summed E-state index contributed by atoms with van der Waals surface area (Å²) in [6.07, 6.45) is 4.31. The van der Waals surface area contributed by atoms with Crippen molar-refractivity contribution in [3.05, 3.63) is 0 Å². The SMILES string of the molecule is CCCC(N)C(CC)SCCCO. The first-order valence-electron chi connectivity index (χ1n) is 5.24. The Labute approximate surface area is 86.3 Å². The van der Waals surface area contributed by atoms with E-state index in [9.17, 15) is 0 Å². The lowest BCUT2D eigenvalue weighted by Crippen LogP contribution is -2.32. The Balaban J connectivity index is 3.60. The second-order valence-electron chi connectivity index (χ2n) is 3.35. The van der Waals surface area contributed by atoms with Crippen molar-refractivity contribution in [1.82, 2.24) is 0 Å². The van der Waals surface area contributed by atoms with Crippen LogP contribution in [0.4, 0.5) is 0 Å². The van der Waals surface area contributed by atoms with E-state index in [-0.39, 0.29) is 0 Å². The molecule has 0 saturated carbocycles. The van der Waals surface area contributed by atoms with Crippen molar-refractivity contribution >= 4 is 11.8 Å². The van der Waals surface area contributed by atoms with Gasteiger partial charge in [0, 0.05) is 17.9 Å². The van der Waals surface area contributed by atoms with Crippen LogP contribution in [-0.2, 0) is 0 Å². The highest BCUT2D eigenvalue weighted by molar-refractivity contribution is 7.99. The van der Waals surface area contributed by atoms with Crippen molar-refractivity contribution in [3.8, 4) is 0 Å². The number of rotatable bonds is 8. The second kappa shape index (κ2) is 8.85. The summed E-state index contributed by atoms with van der Waals surface area (Å²) >= 11 is 1.91. The van der Waals surface area contributed by atoms with Crippen molar-refractivity contribution < 1.29 is 5.11 Å². The minimum Gasteiger partial charge on any atom is -0.396 e. The van der Waals surface area contributed by atoms with Crippen LogP contribution in [0, 0.1) is 0 Å². The molecule has 13 heavy (non-hydrogen) atoms. The lowest BCUT2D eigenvalue weighted by Gasteiger charge is -2.21. The first-order valence-corrected chi connectivity index (χ1v) is 6.29. The van der Waals surface area contributed by atoms with Gasteiger partial charge in [-0.3, -0.25) is 0 Å². The van der Waals surface area contributed by atoms with Gasteiger partial charge in [0.1, 0.15) is 0 Å². The summed E-state index contributed by atoms with van der Waals surface area (Å²) in [5.74, 6) is 1.03. The molecule has 2 unspecified atom stereocenters. The number of thioether (sulfide) groups is 1. The van der Waals surface area contributed by atoms with Crippen LogP contribution in [-0.4, -0.2) is 28.8 Å². The molecule has 0 aromatic carbocycles. The highest BCUT2D eigenvalue weighted by atomic mass is 32.2. The molecule has 3 heteroatoms. The summed E-state index contributed by atoms with van der Waals surface area (Å²) in [7, 11) is 0. The molecule has 0 rings (SSSR count). The second-order valence-corrected chi connectivity index (χ2v) is 4.69. The molecule has 3 N–H and O–H groups in total. The molecule has 2 nitrogen and oxygen atoms in total. The van der Waals surface area contributed by atoms with E-state index < -0.39 is 0 Å². The Bertz CT molecular complexity index is 111. The average Bonchev–Trinajstić information content (AvgIpc) is 2.13. The largest absolute Gasteiger partial charge is 0.396 e. The fourth-order valence-corrected chi connectivity index (χ4v) is 2.58. The predicted octanol–water partition coefficient (Wildman–Crippen LogP) is 2.01. The van der Waals surface area contributed by atoms with Gasteiger partial charge in [-0.15, -0.1) is 0 Å². The van der Waals surface area contributed by atoms with Gasteiger partial charge >= 0.3 is 0 Å². The van der Waals surface area contributed by atoms with E-state index in [0.717, 1.165) is 31.4 Å². The summed E-state index contributed by atoms with van der Waals surface area (Å²) < 4.78 is 0. The van der Waals surface area contributed by atoms with E-state index in [1.807, 2.05) is 11.8 Å². The average molecular weight is 205 g/mol. The molecule has 0 aliphatic carbocycles. The molecule has 0 amide bonds. The van der Waals surface area contributed by atoms with Gasteiger partial charge in [0.25, 0.3) is 0 Å². The van der Waals surface area contributed by atoms with Crippen LogP contribution in [0.25, 0.3) is 0 Å². The van der Waals surface area contributed by atoms with E-state index in [0.29, 0.717) is 17.9 Å². The predicted molar refractivity (Wildman–Crippen MR) is 61.1 cm³/mol. The number of aliphatic hydroxyl groups excluding tert-OH is 1. The van der Waals surface area contributed by atoms with Crippen LogP contribution < -0.4 is 5.73 Å². The van der Waals surface area contributed by atoms with Gasteiger partial charge < -0.3 is 10.8 Å². The van der Waals surface area contributed by atoms with E-state index in [2.05, 4.69) is 13.8 Å². The molecule has 0 saturated heterocycles. The quantitative estimate of drug-likeness (QED) is 0.596. The molecule has 0 radical (unpaired) electrons. The normalized spacial score (nSPS) is 15.7. The first-order chi connectivity index (χ1) is 6.26. The summed E-state index contributed by atoms with van der Waals surface area (Å²) in [4.78, 5) is 0. The van der Waals surface area contributed by atoms with Crippen LogP contribution in [0.1, 0.15) is 39.5 Å². The van der Waals surface area contributed by atoms with Crippen LogP contribution in [0.5, 0.6) is 0 Å². The minimum absolute atomic E-state index is 0.298. The molecule has 80 valence electrons. The molecule has 0 aromatic heterocycles. The Kier molecular flexibility index (Phi) is 9.03. The lowest BCUT2D eigenvalue weighted by atomic mass is 10.1. The van der Waals surface area contributed by atoms with E-state index in [1.165, 1.54) is 0 Å². The van der Waals surface area contributed by atoms with Crippen LogP contribution in [0.3, 0.4) is 0 Å². The standard InChI is InChI=1S/C10H23NOS/c1-3-6-9(11)10(4-2)13-8-5-7-12/h9-10,12H,3-8,11H2,1-2H3. The zero-order valence-corrected chi connectivity index (χ0v) is 9.65. The van der Waals surface area contributed by atoms with Crippen molar-refractivity contribution in [2.45, 2.75) is 50.8 Å². The van der Waals surface area contributed by atoms with Crippen LogP contribution in [0.2, 0.25) is 0 Å². The van der Waals surface area contributed by atoms with Crippen molar-refractivity contribution in [1.29, 1.82) is 0 Å². The van der Waals surface area contributed by atoms with Gasteiger partial charge in [0.2, 0.25) is 0 Å². The van der Waals surface area contributed by atoms with Gasteiger partial charge in [0.15, 0.2) is 0 Å². The monoisotopic (exact) mass is 205 g/mol. The van der Waals surface area contributed by atoms with Gasteiger partial charge in [-0.1, -0.05) is 20.3 Å². The van der Waals surface area contributed by atoms with Gasteiger partial charge in [-0.25, -0.2) is 0 Å². The highest BCUT2D eigenvalue weighted by Gasteiger charge is 2.14. The van der Waals surface area contributed by atoms with Gasteiger partial charge in [0.05, 0.1) is 0 Å². The summed E-state index contributed by atoms with van der Waals surface area (Å²) in [6.45, 7) is 4.66. The maximum Gasteiger partial charge on any atom is 0.0438 e. The van der Waals surface area contributed by atoms with Gasteiger partial charge in [-0.2, -0.15) is 11.8 Å². The molecule has 0 bridgehead atoms. The van der Waals surface area contributed by atoms with Crippen molar-refractivity contribution in [2.24, 2.45) is 5.73 Å². The van der Waals surface area contributed by atoms with E-state index >= 15 is 0 Å². The summed E-state index contributed by atoms with van der Waals surface area (Å²) in [5, 5.41) is 9.22. The fraction of sp³-hybridized carbons (Fsp3) is 1.00. The third kappa shape index (κ3) is 6.36. The smallest absolute Gasteiger partial charge is 0.0438 e. The summed E-state index contributed by atoms with van der Waals surface area (Å²) in [6, 6.07) is 0.332. The van der Waals surface area contributed by atoms with Crippen LogP contribution >= 0.6 is 11.8 Å². The molecular weight excluding hydrogens is 182 g/mol. The van der Waals surface area contributed by atoms with Crippen molar-refractivity contribution in [2.75, 3.05) is 12.4 Å². The highest BCUT2D eigenvalue weighted by Crippen LogP contribution is 2.20. The van der Waals surface area contributed by atoms with Crippen LogP contribution in [0.15, 0.2) is 0 Å². The zero-order valence-electron chi connectivity index (χ0n) is 8.83. The third-order valence-corrected chi connectivity index (χ3v) is 3.77. The Morgan fingerprint density at radius 1 is 1.38 bits per heavy atom. The molecule has 0 aromatic rings. The Hall–Kier alpha value is 0.270. The molecule has 0 fully saturated rings. The number of nitrogens with two attached hydrogens (primary N) is 1. The zero-order chi connectivity index (χ0) is 10.1. The molecule has 0 heterocycles. The van der Waals surface area contributed by atoms with Crippen molar-refractivity contribution in [3.63, 3.8) is 0 Å². The van der Waals surface area contributed by atoms with E-state index in [4.69, 9.17) is 10.8 Å². The Morgan fingerprint density at radius 2 is 2.08 bits per heavy atom. The molecular formula is C10H23NOS. The molecule has 2 atom stereocenters. The number of hydrogen-bond donors (Lipinski definition) is 2. The Morgan fingerprint density at radius 3 is 2.54 bits per heavy atom. The molecule has 0 aliphatic rings. The molecule has 0 aliphatic heterocycles. The summed E-state index contributed by atoms with van der Waals surface area (Å²) in [5.41, 5.74) is 6.04. The minimum atomic E-state index is 0.298. The number of aliphatic hydroxyl groups is 1. The maximum absolute atomic E-state index is 8.65. The first kappa shape index (κ1) is 13.3. The lowest BCUT2D eigenvalue weighted by molar-refractivity contribution is 0.296.